The van der Waals surface area contributed by atoms with E-state index in [1.54, 1.807) is 0 Å². The van der Waals surface area contributed by atoms with Crippen molar-refractivity contribution in [2.75, 3.05) is 0 Å². The van der Waals surface area contributed by atoms with Crippen LogP contribution in [0, 0.1) is 20.8 Å². The molecule has 0 atom stereocenters. The van der Waals surface area contributed by atoms with Crippen molar-refractivity contribution in [2.45, 2.75) is 40.5 Å². The van der Waals surface area contributed by atoms with Gasteiger partial charge in [-0.3, -0.25) is 0 Å². The molecule has 0 heteroatoms. The van der Waals surface area contributed by atoms with E-state index in [1.807, 2.05) is 0 Å². The smallest absolute Gasteiger partial charge is 0.0244 e. The summed E-state index contributed by atoms with van der Waals surface area (Å²) in [6.07, 6.45) is 6.62. The number of aryl methyl sites for hydroxylation is 4. The van der Waals surface area contributed by atoms with Crippen molar-refractivity contribution in [3.8, 4) is 0 Å². The number of hydrogen-bond acceptors (Lipinski definition) is 0. The summed E-state index contributed by atoms with van der Waals surface area (Å²) in [5.41, 5.74) is 5.43. The molecule has 0 nitrogen and oxygen atoms in total. The summed E-state index contributed by atoms with van der Waals surface area (Å²) >= 11 is 0. The topological polar surface area (TPSA) is 0 Å². The fourth-order valence-corrected chi connectivity index (χ4v) is 1.81. The van der Waals surface area contributed by atoms with Crippen molar-refractivity contribution < 1.29 is 0 Å². The molecule has 0 saturated carbocycles. The molecule has 0 saturated heterocycles. The van der Waals surface area contributed by atoms with Crippen molar-refractivity contribution in [3.05, 3.63) is 82.9 Å². The van der Waals surface area contributed by atoms with E-state index in [0.717, 1.165) is 12.8 Å². The van der Waals surface area contributed by atoms with E-state index < -0.39 is 0 Å². The summed E-state index contributed by atoms with van der Waals surface area (Å²) < 4.78 is 0. The number of rotatable bonds is 3. The number of hydrogen-bond donors (Lipinski definition) is 0. The lowest BCUT2D eigenvalue weighted by atomic mass is 10.1. The SMILES string of the molecule is C/C=C/CCc1ccc(C)cc1.Cc1ccc(C)cc1. The van der Waals surface area contributed by atoms with Crippen molar-refractivity contribution in [2.24, 2.45) is 0 Å². The number of allylic oxidation sites excluding steroid dienone is 2. The van der Waals surface area contributed by atoms with Crippen molar-refractivity contribution >= 4 is 0 Å². The van der Waals surface area contributed by atoms with Crippen LogP contribution < -0.4 is 0 Å². The van der Waals surface area contributed by atoms with Gasteiger partial charge < -0.3 is 0 Å². The third-order valence-corrected chi connectivity index (χ3v) is 3.17. The summed E-state index contributed by atoms with van der Waals surface area (Å²) in [5.74, 6) is 0. The summed E-state index contributed by atoms with van der Waals surface area (Å²) in [7, 11) is 0. The molecule has 0 spiro atoms. The third-order valence-electron chi connectivity index (χ3n) is 3.17. The molecule has 0 fully saturated rings. The molecular formula is C20H26. The summed E-state index contributed by atoms with van der Waals surface area (Å²) in [6.45, 7) is 8.38. The molecule has 0 bridgehead atoms. The van der Waals surface area contributed by atoms with Gasteiger partial charge in [0.25, 0.3) is 0 Å². The molecule has 2 rings (SSSR count). The van der Waals surface area contributed by atoms with Gasteiger partial charge in [-0.15, -0.1) is 0 Å². The minimum Gasteiger partial charge on any atom is -0.0917 e. The molecule has 0 unspecified atom stereocenters. The second-order valence-electron chi connectivity index (χ2n) is 5.25. The zero-order chi connectivity index (χ0) is 14.8. The largest absolute Gasteiger partial charge is 0.0917 e. The molecule has 106 valence electrons. The van der Waals surface area contributed by atoms with E-state index in [1.165, 1.54) is 22.3 Å². The van der Waals surface area contributed by atoms with Gasteiger partial charge in [-0.05, 0) is 46.1 Å². The van der Waals surface area contributed by atoms with Crippen molar-refractivity contribution in [1.29, 1.82) is 0 Å². The third kappa shape index (κ3) is 6.94. The van der Waals surface area contributed by atoms with Gasteiger partial charge in [0.1, 0.15) is 0 Å². The zero-order valence-electron chi connectivity index (χ0n) is 13.2. The first-order valence-corrected chi connectivity index (χ1v) is 7.32. The molecular weight excluding hydrogens is 240 g/mol. The standard InChI is InChI=1S/C12H16.C8H10/c1-3-4-5-6-12-9-7-11(2)8-10-12;1-7-3-5-8(2)6-4-7/h3-4,7-10H,5-6H2,1-2H3;3-6H,1-2H3/b4-3+;. The lowest BCUT2D eigenvalue weighted by molar-refractivity contribution is 0.998. The Morgan fingerprint density at radius 1 is 0.700 bits per heavy atom. The van der Waals surface area contributed by atoms with Crippen LogP contribution in [0.5, 0.6) is 0 Å². The normalized spacial score (nSPS) is 10.2. The summed E-state index contributed by atoms with van der Waals surface area (Å²) in [6, 6.07) is 17.2. The molecule has 0 aliphatic rings. The maximum Gasteiger partial charge on any atom is -0.0244 e. The van der Waals surface area contributed by atoms with Gasteiger partial charge in [0, 0.05) is 0 Å². The Balaban J connectivity index is 0.000000217. The van der Waals surface area contributed by atoms with Gasteiger partial charge in [0.15, 0.2) is 0 Å². The molecule has 0 heterocycles. The number of benzene rings is 2. The molecule has 0 N–H and O–H groups in total. The minimum atomic E-state index is 1.15. The fraction of sp³-hybridized carbons (Fsp3) is 0.300. The van der Waals surface area contributed by atoms with Gasteiger partial charge in [-0.1, -0.05) is 77.4 Å². The highest BCUT2D eigenvalue weighted by Gasteiger charge is 1.89. The molecule has 0 aliphatic heterocycles. The highest BCUT2D eigenvalue weighted by atomic mass is 13.9. The first kappa shape index (κ1) is 16.2. The van der Waals surface area contributed by atoms with E-state index in [0.29, 0.717) is 0 Å². The predicted molar refractivity (Wildman–Crippen MR) is 90.2 cm³/mol. The Hall–Kier alpha value is -1.82. The highest BCUT2D eigenvalue weighted by molar-refractivity contribution is 5.21. The Kier molecular flexibility index (Phi) is 7.42. The maximum absolute atomic E-state index is 2.21. The molecule has 0 amide bonds. The quantitative estimate of drug-likeness (QED) is 0.615. The van der Waals surface area contributed by atoms with Gasteiger partial charge in [0.05, 0.1) is 0 Å². The van der Waals surface area contributed by atoms with E-state index in [4.69, 9.17) is 0 Å². The van der Waals surface area contributed by atoms with Crippen LogP contribution in [0.1, 0.15) is 35.6 Å². The summed E-state index contributed by atoms with van der Waals surface area (Å²) in [5, 5.41) is 0. The van der Waals surface area contributed by atoms with Gasteiger partial charge in [0.2, 0.25) is 0 Å². The molecule has 0 radical (unpaired) electrons. The lowest BCUT2D eigenvalue weighted by Gasteiger charge is -1.98. The highest BCUT2D eigenvalue weighted by Crippen LogP contribution is 2.05. The predicted octanol–water partition coefficient (Wildman–Crippen LogP) is 5.81. The van der Waals surface area contributed by atoms with E-state index >= 15 is 0 Å². The molecule has 0 aromatic heterocycles. The van der Waals surface area contributed by atoms with Crippen LogP contribution in [0.15, 0.2) is 60.7 Å². The van der Waals surface area contributed by atoms with Crippen LogP contribution in [-0.2, 0) is 6.42 Å². The molecule has 2 aromatic rings. The second kappa shape index (κ2) is 9.14. The molecule has 0 aliphatic carbocycles. The zero-order valence-corrected chi connectivity index (χ0v) is 13.2. The van der Waals surface area contributed by atoms with E-state index in [2.05, 4.69) is 88.4 Å². The average molecular weight is 266 g/mol. The monoisotopic (exact) mass is 266 g/mol. The Labute approximate surface area is 124 Å². The Bertz CT molecular complexity index is 480. The average Bonchev–Trinajstić information content (AvgIpc) is 2.45. The van der Waals surface area contributed by atoms with Gasteiger partial charge >= 0.3 is 0 Å². The first-order valence-electron chi connectivity index (χ1n) is 7.32. The van der Waals surface area contributed by atoms with Crippen molar-refractivity contribution in [1.82, 2.24) is 0 Å². The lowest BCUT2D eigenvalue weighted by Crippen LogP contribution is -1.82. The maximum atomic E-state index is 2.21. The minimum absolute atomic E-state index is 1.15. The van der Waals surface area contributed by atoms with Crippen molar-refractivity contribution in [3.63, 3.8) is 0 Å². The first-order chi connectivity index (χ1) is 9.61. The van der Waals surface area contributed by atoms with Crippen LogP contribution in [-0.4, -0.2) is 0 Å². The van der Waals surface area contributed by atoms with E-state index in [9.17, 15) is 0 Å². The Morgan fingerprint density at radius 3 is 1.50 bits per heavy atom. The van der Waals surface area contributed by atoms with Gasteiger partial charge in [-0.2, -0.15) is 0 Å². The Morgan fingerprint density at radius 2 is 1.10 bits per heavy atom. The van der Waals surface area contributed by atoms with Crippen LogP contribution >= 0.6 is 0 Å². The molecule has 20 heavy (non-hydrogen) atoms. The van der Waals surface area contributed by atoms with Gasteiger partial charge in [-0.25, -0.2) is 0 Å². The second-order valence-corrected chi connectivity index (χ2v) is 5.25. The molecule has 2 aromatic carbocycles. The summed E-state index contributed by atoms with van der Waals surface area (Å²) in [4.78, 5) is 0. The van der Waals surface area contributed by atoms with Crippen LogP contribution in [0.4, 0.5) is 0 Å². The van der Waals surface area contributed by atoms with Crippen LogP contribution in [0.2, 0.25) is 0 Å². The van der Waals surface area contributed by atoms with E-state index in [-0.39, 0.29) is 0 Å². The fourth-order valence-electron chi connectivity index (χ4n) is 1.81. The van der Waals surface area contributed by atoms with Crippen LogP contribution in [0.25, 0.3) is 0 Å². The van der Waals surface area contributed by atoms with Crippen LogP contribution in [0.3, 0.4) is 0 Å².